The van der Waals surface area contributed by atoms with Crippen LogP contribution < -0.4 is 4.74 Å². The van der Waals surface area contributed by atoms with Gasteiger partial charge in [0.1, 0.15) is 11.4 Å². The number of ether oxygens (including phenoxy) is 2. The number of carbonyl (C=O) groups is 1. The van der Waals surface area contributed by atoms with Crippen molar-refractivity contribution in [2.45, 2.75) is 39.2 Å². The molecule has 0 saturated carbocycles. The first-order valence-corrected chi connectivity index (χ1v) is 9.94. The molecule has 0 saturated heterocycles. The van der Waals surface area contributed by atoms with Crippen LogP contribution in [-0.4, -0.2) is 50.4 Å². The Bertz CT molecular complexity index is 1150. The molecule has 10 heteroatoms. The fourth-order valence-electron chi connectivity index (χ4n) is 4.02. The van der Waals surface area contributed by atoms with Crippen LogP contribution in [0.15, 0.2) is 18.2 Å². The van der Waals surface area contributed by atoms with Gasteiger partial charge in [0.05, 0.1) is 32.0 Å². The Morgan fingerprint density at radius 1 is 1.26 bits per heavy atom. The Labute approximate surface area is 177 Å². The van der Waals surface area contributed by atoms with Crippen LogP contribution in [0, 0.1) is 0 Å². The van der Waals surface area contributed by atoms with E-state index in [2.05, 4.69) is 15.4 Å². The van der Waals surface area contributed by atoms with Gasteiger partial charge in [0.25, 0.3) is 0 Å². The zero-order chi connectivity index (χ0) is 22.3. The summed E-state index contributed by atoms with van der Waals surface area (Å²) in [5.41, 5.74) is 3.52. The lowest BCUT2D eigenvalue weighted by molar-refractivity contribution is 0.0226. The molecule has 164 valence electrons. The van der Waals surface area contributed by atoms with E-state index in [1.807, 2.05) is 12.1 Å². The number of halogens is 2. The van der Waals surface area contributed by atoms with E-state index in [-0.39, 0.29) is 12.3 Å². The fraction of sp³-hybridized carbons (Fsp3) is 0.429. The summed E-state index contributed by atoms with van der Waals surface area (Å²) in [6.45, 7) is 3.25. The minimum atomic E-state index is -2.94. The number of aryl methyl sites for hydroxylation is 2. The topological polar surface area (TPSA) is 84.1 Å². The van der Waals surface area contributed by atoms with Crippen molar-refractivity contribution >= 4 is 5.97 Å². The summed E-state index contributed by atoms with van der Waals surface area (Å²) in [5, 5.41) is 12.2. The van der Waals surface area contributed by atoms with Crippen LogP contribution in [0.3, 0.4) is 0 Å². The zero-order valence-corrected chi connectivity index (χ0v) is 17.8. The van der Waals surface area contributed by atoms with Gasteiger partial charge in [-0.1, -0.05) is 0 Å². The quantitative estimate of drug-likeness (QED) is 0.557. The molecule has 3 aromatic rings. The number of alkyl halides is 2. The van der Waals surface area contributed by atoms with Crippen molar-refractivity contribution in [1.29, 1.82) is 0 Å². The predicted octanol–water partition coefficient (Wildman–Crippen LogP) is 3.28. The van der Waals surface area contributed by atoms with Crippen molar-refractivity contribution < 1.29 is 23.0 Å². The van der Waals surface area contributed by atoms with Gasteiger partial charge in [0.15, 0.2) is 0 Å². The number of esters is 1. The third kappa shape index (κ3) is 3.89. The smallest absolute Gasteiger partial charge is 0.354 e. The second-order valence-corrected chi connectivity index (χ2v) is 7.58. The molecule has 8 nitrogen and oxygen atoms in total. The van der Waals surface area contributed by atoms with Crippen molar-refractivity contribution in [3.8, 4) is 28.4 Å². The average Bonchev–Trinajstić information content (AvgIpc) is 3.29. The molecule has 0 fully saturated rings. The maximum absolute atomic E-state index is 14.0. The molecule has 31 heavy (non-hydrogen) atoms. The molecule has 0 amide bonds. The molecule has 1 aliphatic rings. The minimum absolute atomic E-state index is 0.203. The highest BCUT2D eigenvalue weighted by molar-refractivity contribution is 5.91. The zero-order valence-electron chi connectivity index (χ0n) is 17.8. The first kappa shape index (κ1) is 21.0. The maximum Gasteiger partial charge on any atom is 0.354 e. The standard InChI is InChI=1S/C21H23F2N5O3/c1-5-31-20(29)16-8-13(11-21(2,22)23)18-14-10-15(19-24-26-27(3)25-19)17(30-4)9-12(14)6-7-28(16)18/h8-10H,5-7,11H2,1-4H3. The van der Waals surface area contributed by atoms with E-state index in [1.165, 1.54) is 10.9 Å². The van der Waals surface area contributed by atoms with Gasteiger partial charge in [-0.05, 0) is 54.8 Å². The number of methoxy groups -OCH3 is 1. The highest BCUT2D eigenvalue weighted by Crippen LogP contribution is 2.42. The summed E-state index contributed by atoms with van der Waals surface area (Å²) in [6.07, 6.45) is 0.113. The van der Waals surface area contributed by atoms with Crippen molar-refractivity contribution in [3.05, 3.63) is 35.0 Å². The van der Waals surface area contributed by atoms with E-state index < -0.39 is 18.3 Å². The monoisotopic (exact) mass is 431 g/mol. The van der Waals surface area contributed by atoms with E-state index in [0.717, 1.165) is 18.1 Å². The molecule has 0 atom stereocenters. The molecular formula is C21H23F2N5O3. The molecule has 0 N–H and O–H groups in total. The molecule has 0 bridgehead atoms. The van der Waals surface area contributed by atoms with Gasteiger partial charge in [0.2, 0.25) is 11.7 Å². The summed E-state index contributed by atoms with van der Waals surface area (Å²) < 4.78 is 40.5. The molecule has 1 aliphatic heterocycles. The number of carbonyl (C=O) groups excluding carboxylic acids is 1. The van der Waals surface area contributed by atoms with Crippen LogP contribution in [0.4, 0.5) is 8.78 Å². The molecule has 3 heterocycles. The van der Waals surface area contributed by atoms with E-state index in [1.54, 1.807) is 25.6 Å². The maximum atomic E-state index is 14.0. The Kier molecular flexibility index (Phi) is 5.24. The van der Waals surface area contributed by atoms with Gasteiger partial charge in [0, 0.05) is 18.5 Å². The predicted molar refractivity (Wildman–Crippen MR) is 108 cm³/mol. The minimum Gasteiger partial charge on any atom is -0.496 e. The largest absolute Gasteiger partial charge is 0.496 e. The van der Waals surface area contributed by atoms with Gasteiger partial charge in [-0.15, -0.1) is 10.2 Å². The van der Waals surface area contributed by atoms with Gasteiger partial charge in [-0.3, -0.25) is 0 Å². The molecule has 1 aromatic carbocycles. The molecule has 0 aliphatic carbocycles. The molecule has 0 spiro atoms. The second kappa shape index (κ2) is 7.75. The van der Waals surface area contributed by atoms with Gasteiger partial charge in [-0.25, -0.2) is 13.6 Å². The molecule has 0 unspecified atom stereocenters. The summed E-state index contributed by atoms with van der Waals surface area (Å²) >= 11 is 0. The second-order valence-electron chi connectivity index (χ2n) is 7.58. The Hall–Kier alpha value is -3.30. The van der Waals surface area contributed by atoms with E-state index in [9.17, 15) is 13.6 Å². The van der Waals surface area contributed by atoms with Crippen molar-refractivity contribution in [1.82, 2.24) is 24.8 Å². The lowest BCUT2D eigenvalue weighted by atomic mass is 9.92. The Balaban J connectivity index is 1.94. The first-order chi connectivity index (χ1) is 14.7. The van der Waals surface area contributed by atoms with Crippen LogP contribution in [0.1, 0.15) is 35.5 Å². The number of rotatable bonds is 6. The summed E-state index contributed by atoms with van der Waals surface area (Å²) in [7, 11) is 3.20. The van der Waals surface area contributed by atoms with Gasteiger partial charge in [-0.2, -0.15) is 4.80 Å². The molecular weight excluding hydrogens is 408 g/mol. The van der Waals surface area contributed by atoms with Crippen molar-refractivity contribution in [3.63, 3.8) is 0 Å². The highest BCUT2D eigenvalue weighted by Gasteiger charge is 2.32. The Morgan fingerprint density at radius 3 is 2.65 bits per heavy atom. The normalized spacial score (nSPS) is 13.0. The SMILES string of the molecule is CCOC(=O)c1cc(CC(C)(F)F)c2n1CCc1cc(OC)c(-c3nnn(C)n3)cc1-2. The van der Waals surface area contributed by atoms with Crippen molar-refractivity contribution in [2.75, 3.05) is 13.7 Å². The average molecular weight is 431 g/mol. The van der Waals surface area contributed by atoms with Crippen LogP contribution in [-0.2, 0) is 31.2 Å². The summed E-state index contributed by atoms with van der Waals surface area (Å²) in [4.78, 5) is 13.8. The van der Waals surface area contributed by atoms with Crippen LogP contribution in [0.25, 0.3) is 22.6 Å². The van der Waals surface area contributed by atoms with Crippen molar-refractivity contribution in [2.24, 2.45) is 7.05 Å². The van der Waals surface area contributed by atoms with Crippen LogP contribution in [0.2, 0.25) is 0 Å². The molecule has 0 radical (unpaired) electrons. The lowest BCUT2D eigenvalue weighted by Crippen LogP contribution is -2.19. The molecule has 4 rings (SSSR count). The van der Waals surface area contributed by atoms with E-state index in [0.29, 0.717) is 41.4 Å². The number of nitrogens with zero attached hydrogens (tertiary/aromatic N) is 5. The van der Waals surface area contributed by atoms with Gasteiger partial charge < -0.3 is 14.0 Å². The third-order valence-corrected chi connectivity index (χ3v) is 5.20. The number of aromatic nitrogens is 5. The van der Waals surface area contributed by atoms with Crippen LogP contribution in [0.5, 0.6) is 5.75 Å². The first-order valence-electron chi connectivity index (χ1n) is 9.94. The third-order valence-electron chi connectivity index (χ3n) is 5.20. The number of hydrogen-bond acceptors (Lipinski definition) is 6. The van der Waals surface area contributed by atoms with E-state index >= 15 is 0 Å². The number of benzene rings is 1. The van der Waals surface area contributed by atoms with E-state index in [4.69, 9.17) is 9.47 Å². The molecule has 2 aromatic heterocycles. The number of tetrazole rings is 1. The van der Waals surface area contributed by atoms with Crippen LogP contribution >= 0.6 is 0 Å². The summed E-state index contributed by atoms with van der Waals surface area (Å²) in [5.74, 6) is -2.53. The Morgan fingerprint density at radius 2 is 2.03 bits per heavy atom. The van der Waals surface area contributed by atoms with Gasteiger partial charge >= 0.3 is 5.97 Å². The number of fused-ring (bicyclic) bond motifs is 3. The lowest BCUT2D eigenvalue weighted by Gasteiger charge is -2.24. The number of hydrogen-bond donors (Lipinski definition) is 0. The summed E-state index contributed by atoms with van der Waals surface area (Å²) in [6, 6.07) is 5.21. The fourth-order valence-corrected chi connectivity index (χ4v) is 4.02. The highest BCUT2D eigenvalue weighted by atomic mass is 19.3.